The third-order valence-electron chi connectivity index (χ3n) is 4.91. The molecule has 1 aliphatic heterocycles. The van der Waals surface area contributed by atoms with Crippen LogP contribution in [0.15, 0.2) is 48.5 Å². The minimum absolute atomic E-state index is 0.117. The molecule has 0 aliphatic carbocycles. The molecule has 2 aromatic carbocycles. The van der Waals surface area contributed by atoms with Crippen LogP contribution in [-0.2, 0) is 4.74 Å². The second kappa shape index (κ2) is 7.73. The van der Waals surface area contributed by atoms with E-state index in [4.69, 9.17) is 16.3 Å². The molecule has 1 amide bonds. The Morgan fingerprint density at radius 2 is 1.89 bits per heavy atom. The Labute approximate surface area is 167 Å². The summed E-state index contributed by atoms with van der Waals surface area (Å²) in [5.74, 6) is -0.433. The molecule has 0 bridgehead atoms. The van der Waals surface area contributed by atoms with Crippen LogP contribution < -0.4 is 0 Å². The van der Waals surface area contributed by atoms with Crippen molar-refractivity contribution in [2.45, 2.75) is 12.5 Å². The molecule has 4 rings (SSSR count). The van der Waals surface area contributed by atoms with Crippen molar-refractivity contribution >= 4 is 17.5 Å². The van der Waals surface area contributed by atoms with E-state index in [-0.39, 0.29) is 17.8 Å². The molecule has 0 spiro atoms. The van der Waals surface area contributed by atoms with E-state index in [1.807, 2.05) is 12.1 Å². The number of carbonyl (C=O) groups excluding carboxylic acids is 1. The van der Waals surface area contributed by atoms with Crippen molar-refractivity contribution in [2.24, 2.45) is 0 Å². The first-order valence-corrected chi connectivity index (χ1v) is 9.37. The summed E-state index contributed by atoms with van der Waals surface area (Å²) >= 11 is 6.01. The number of aromatic amines is 1. The molecule has 0 saturated carbocycles. The highest BCUT2D eigenvalue weighted by atomic mass is 35.5. The number of methoxy groups -OCH3 is 1. The highest BCUT2D eigenvalue weighted by Crippen LogP contribution is 2.42. The average molecular weight is 400 g/mol. The Kier molecular flexibility index (Phi) is 5.15. The number of fused-ring (bicyclic) bond motifs is 1. The number of nitrogens with zero attached hydrogens (tertiary/aromatic N) is 2. The second-order valence-electron chi connectivity index (χ2n) is 6.67. The van der Waals surface area contributed by atoms with E-state index >= 15 is 0 Å². The lowest BCUT2D eigenvalue weighted by Crippen LogP contribution is -2.31. The number of amides is 1. The third-order valence-corrected chi connectivity index (χ3v) is 5.17. The molecular formula is C21H19ClFN3O2. The lowest BCUT2D eigenvalue weighted by Gasteiger charge is -2.26. The van der Waals surface area contributed by atoms with Crippen molar-refractivity contribution in [3.8, 4) is 11.3 Å². The van der Waals surface area contributed by atoms with Gasteiger partial charge in [-0.3, -0.25) is 9.89 Å². The molecule has 1 aromatic heterocycles. The number of benzene rings is 2. The summed E-state index contributed by atoms with van der Waals surface area (Å²) in [5.41, 5.74) is 3.67. The number of hydrogen-bond acceptors (Lipinski definition) is 3. The smallest absolute Gasteiger partial charge is 0.273 e. The van der Waals surface area contributed by atoms with Crippen LogP contribution in [0.1, 0.15) is 34.1 Å². The van der Waals surface area contributed by atoms with E-state index in [1.165, 1.54) is 12.1 Å². The quantitative estimate of drug-likeness (QED) is 0.623. The summed E-state index contributed by atoms with van der Waals surface area (Å²) < 4.78 is 18.6. The Morgan fingerprint density at radius 1 is 1.18 bits per heavy atom. The largest absolute Gasteiger partial charge is 0.385 e. The SMILES string of the molecule is COCCCN1C(=O)c2[nH]nc(-c3ccc(Cl)cc3)c2C1c1ccc(F)cc1. The van der Waals surface area contributed by atoms with E-state index in [1.54, 1.807) is 36.3 Å². The maximum absolute atomic E-state index is 13.5. The molecule has 1 N–H and O–H groups in total. The number of nitrogens with one attached hydrogen (secondary N) is 1. The van der Waals surface area contributed by atoms with Crippen LogP contribution in [0, 0.1) is 5.82 Å². The minimum Gasteiger partial charge on any atom is -0.385 e. The van der Waals surface area contributed by atoms with E-state index < -0.39 is 0 Å². The Hall–Kier alpha value is -2.70. The van der Waals surface area contributed by atoms with Gasteiger partial charge in [0.2, 0.25) is 0 Å². The number of halogens is 2. The maximum atomic E-state index is 13.5. The van der Waals surface area contributed by atoms with Crippen molar-refractivity contribution in [3.63, 3.8) is 0 Å². The fourth-order valence-electron chi connectivity index (χ4n) is 3.63. The molecule has 3 aromatic rings. The van der Waals surface area contributed by atoms with Gasteiger partial charge in [-0.2, -0.15) is 5.10 Å². The van der Waals surface area contributed by atoms with Crippen LogP contribution in [0.3, 0.4) is 0 Å². The number of aromatic nitrogens is 2. The molecule has 144 valence electrons. The van der Waals surface area contributed by atoms with Crippen molar-refractivity contribution in [1.82, 2.24) is 15.1 Å². The van der Waals surface area contributed by atoms with E-state index in [9.17, 15) is 9.18 Å². The van der Waals surface area contributed by atoms with E-state index in [0.717, 1.165) is 16.7 Å². The van der Waals surface area contributed by atoms with Gasteiger partial charge in [0, 0.05) is 36.4 Å². The molecule has 1 unspecified atom stereocenters. The van der Waals surface area contributed by atoms with Crippen molar-refractivity contribution in [2.75, 3.05) is 20.3 Å². The molecule has 0 fully saturated rings. The zero-order valence-corrected chi connectivity index (χ0v) is 16.0. The van der Waals surface area contributed by atoms with E-state index in [0.29, 0.717) is 36.0 Å². The fourth-order valence-corrected chi connectivity index (χ4v) is 3.75. The van der Waals surface area contributed by atoms with Crippen LogP contribution in [0.25, 0.3) is 11.3 Å². The Bertz CT molecular complexity index is 986. The first-order valence-electron chi connectivity index (χ1n) is 8.99. The molecule has 0 saturated heterocycles. The molecular weight excluding hydrogens is 381 g/mol. The van der Waals surface area contributed by atoms with Gasteiger partial charge >= 0.3 is 0 Å². The van der Waals surface area contributed by atoms with Crippen LogP contribution in [0.4, 0.5) is 4.39 Å². The normalized spacial score (nSPS) is 15.9. The molecule has 5 nitrogen and oxygen atoms in total. The maximum Gasteiger partial charge on any atom is 0.273 e. The number of H-pyrrole nitrogens is 1. The minimum atomic E-state index is -0.343. The number of rotatable bonds is 6. The highest BCUT2D eigenvalue weighted by molar-refractivity contribution is 6.30. The molecule has 28 heavy (non-hydrogen) atoms. The summed E-state index contributed by atoms with van der Waals surface area (Å²) in [6.07, 6.45) is 0.702. The Balaban J connectivity index is 1.80. The average Bonchev–Trinajstić information content (AvgIpc) is 3.23. The van der Waals surface area contributed by atoms with Gasteiger partial charge < -0.3 is 9.64 Å². The first-order chi connectivity index (χ1) is 13.6. The standard InChI is InChI=1S/C21H19ClFN3O2/c1-28-12-2-11-26-20(14-5-9-16(23)10-6-14)17-18(24-25-19(17)21(26)27)13-3-7-15(22)8-4-13/h3-10,20H,2,11-12H2,1H3,(H,24,25). The zero-order chi connectivity index (χ0) is 19.7. The second-order valence-corrected chi connectivity index (χ2v) is 7.10. The van der Waals surface area contributed by atoms with Gasteiger partial charge in [-0.25, -0.2) is 4.39 Å². The summed E-state index contributed by atoms with van der Waals surface area (Å²) in [7, 11) is 1.63. The van der Waals surface area contributed by atoms with Crippen molar-refractivity contribution in [1.29, 1.82) is 0 Å². The van der Waals surface area contributed by atoms with Gasteiger partial charge in [0.15, 0.2) is 0 Å². The van der Waals surface area contributed by atoms with Crippen LogP contribution >= 0.6 is 11.6 Å². The molecule has 7 heteroatoms. The molecule has 0 radical (unpaired) electrons. The van der Waals surface area contributed by atoms with Gasteiger partial charge in [0.25, 0.3) is 5.91 Å². The Morgan fingerprint density at radius 3 is 2.57 bits per heavy atom. The molecule has 1 atom stereocenters. The summed E-state index contributed by atoms with van der Waals surface area (Å²) in [5, 5.41) is 7.93. The van der Waals surface area contributed by atoms with Gasteiger partial charge in [-0.15, -0.1) is 0 Å². The monoisotopic (exact) mass is 399 g/mol. The lowest BCUT2D eigenvalue weighted by molar-refractivity contribution is 0.0723. The fraction of sp³-hybridized carbons (Fsp3) is 0.238. The highest BCUT2D eigenvalue weighted by Gasteiger charge is 2.41. The van der Waals surface area contributed by atoms with Crippen LogP contribution in [-0.4, -0.2) is 41.3 Å². The third kappa shape index (κ3) is 3.30. The summed E-state index contributed by atoms with van der Waals surface area (Å²) in [4.78, 5) is 14.8. The number of ether oxygens (including phenoxy) is 1. The first kappa shape index (κ1) is 18.7. The lowest BCUT2D eigenvalue weighted by atomic mass is 9.96. The number of carbonyl (C=O) groups is 1. The summed E-state index contributed by atoms with van der Waals surface area (Å²) in [6, 6.07) is 13.2. The predicted octanol–water partition coefficient (Wildman–Crippen LogP) is 4.45. The van der Waals surface area contributed by atoms with E-state index in [2.05, 4.69) is 10.2 Å². The summed E-state index contributed by atoms with van der Waals surface area (Å²) in [6.45, 7) is 1.08. The van der Waals surface area contributed by atoms with Gasteiger partial charge in [-0.1, -0.05) is 35.9 Å². The van der Waals surface area contributed by atoms with Gasteiger partial charge in [0.1, 0.15) is 11.5 Å². The predicted molar refractivity (Wildman–Crippen MR) is 105 cm³/mol. The van der Waals surface area contributed by atoms with Crippen LogP contribution in [0.2, 0.25) is 5.02 Å². The van der Waals surface area contributed by atoms with Gasteiger partial charge in [-0.05, 0) is 36.2 Å². The molecule has 1 aliphatic rings. The van der Waals surface area contributed by atoms with Crippen molar-refractivity contribution in [3.05, 3.63) is 76.2 Å². The zero-order valence-electron chi connectivity index (χ0n) is 15.3. The van der Waals surface area contributed by atoms with Gasteiger partial charge in [0.05, 0.1) is 11.7 Å². The van der Waals surface area contributed by atoms with Crippen molar-refractivity contribution < 1.29 is 13.9 Å². The number of hydrogen-bond donors (Lipinski definition) is 1. The molecule has 2 heterocycles. The topological polar surface area (TPSA) is 58.2 Å². The van der Waals surface area contributed by atoms with Crippen LogP contribution in [0.5, 0.6) is 0 Å².